The molecule has 2 aliphatic rings. The van der Waals surface area contributed by atoms with Crippen LogP contribution in [-0.4, -0.2) is 29.4 Å². The highest BCUT2D eigenvalue weighted by atomic mass is 32.2. The van der Waals surface area contributed by atoms with Crippen molar-refractivity contribution < 1.29 is 13.9 Å². The number of rotatable bonds is 9. The third kappa shape index (κ3) is 5.48. The van der Waals surface area contributed by atoms with E-state index in [9.17, 15) is 9.59 Å². The van der Waals surface area contributed by atoms with Gasteiger partial charge in [-0.25, -0.2) is 4.79 Å². The average Bonchev–Trinajstić information content (AvgIpc) is 3.32. The zero-order chi connectivity index (χ0) is 19.4. The Hall–Kier alpha value is -2.02. The number of nitrogens with zero attached hydrogens (tertiary/aromatic N) is 1. The Bertz CT molecular complexity index is 797. The average molecular weight is 391 g/mol. The molecule has 1 fully saturated rings. The number of thioether (sulfide) groups is 1. The Morgan fingerprint density at radius 2 is 2.26 bits per heavy atom. The third-order valence-electron chi connectivity index (χ3n) is 4.50. The van der Waals surface area contributed by atoms with E-state index in [4.69, 9.17) is 9.15 Å². The fraction of sp³-hybridized carbons (Fsp3) is 0.550. The van der Waals surface area contributed by atoms with Gasteiger partial charge in [0.1, 0.15) is 17.6 Å². The maximum Gasteiger partial charge on any atom is 0.339 e. The van der Waals surface area contributed by atoms with Gasteiger partial charge in [0.05, 0.1) is 23.8 Å². The Kier molecular flexibility index (Phi) is 6.42. The van der Waals surface area contributed by atoms with Crippen LogP contribution < -0.4 is 15.7 Å². The van der Waals surface area contributed by atoms with Gasteiger partial charge in [-0.1, -0.05) is 19.9 Å². The van der Waals surface area contributed by atoms with Crippen molar-refractivity contribution in [1.82, 2.24) is 5.32 Å². The Balaban J connectivity index is 1.71. The molecule has 1 aliphatic heterocycles. The van der Waals surface area contributed by atoms with E-state index in [-0.39, 0.29) is 11.9 Å². The number of nitrogens with one attached hydrogen (secondary N) is 1. The van der Waals surface area contributed by atoms with Crippen molar-refractivity contribution in [3.63, 3.8) is 0 Å². The molecule has 6 nitrogen and oxygen atoms in total. The van der Waals surface area contributed by atoms with E-state index in [1.165, 1.54) is 30.7 Å². The summed E-state index contributed by atoms with van der Waals surface area (Å²) in [4.78, 5) is 29.0. The lowest BCUT2D eigenvalue weighted by atomic mass is 10.1. The quantitative estimate of drug-likeness (QED) is 0.698. The van der Waals surface area contributed by atoms with Gasteiger partial charge in [-0.3, -0.25) is 9.79 Å². The van der Waals surface area contributed by atoms with Crippen molar-refractivity contribution in [1.29, 1.82) is 0 Å². The predicted octanol–water partition coefficient (Wildman–Crippen LogP) is 3.48. The van der Waals surface area contributed by atoms with Gasteiger partial charge in [0.2, 0.25) is 5.91 Å². The van der Waals surface area contributed by atoms with Crippen molar-refractivity contribution in [2.75, 3.05) is 12.4 Å². The largest absolute Gasteiger partial charge is 0.493 e. The Labute approximate surface area is 163 Å². The second kappa shape index (κ2) is 8.78. The first-order chi connectivity index (χ1) is 13.0. The van der Waals surface area contributed by atoms with Gasteiger partial charge >= 0.3 is 5.63 Å². The summed E-state index contributed by atoms with van der Waals surface area (Å²) in [5.74, 6) is 1.96. The predicted molar refractivity (Wildman–Crippen MR) is 107 cm³/mol. The SMILES string of the molecule is C=C(C)C1=NC(C(=O)NC(CCC)c2cc(OCC3CC3)cc(=O)o2)CS1. The molecule has 3 rings (SSSR count). The van der Waals surface area contributed by atoms with Gasteiger partial charge in [-0.15, -0.1) is 11.8 Å². The van der Waals surface area contributed by atoms with E-state index in [2.05, 4.69) is 16.9 Å². The van der Waals surface area contributed by atoms with Gasteiger partial charge in [0.25, 0.3) is 0 Å². The molecule has 0 aromatic carbocycles. The molecule has 1 saturated carbocycles. The minimum atomic E-state index is -0.465. The van der Waals surface area contributed by atoms with E-state index in [0.29, 0.717) is 36.2 Å². The second-order valence-electron chi connectivity index (χ2n) is 7.16. The lowest BCUT2D eigenvalue weighted by Gasteiger charge is -2.19. The van der Waals surface area contributed by atoms with E-state index in [1.54, 1.807) is 6.07 Å². The molecule has 27 heavy (non-hydrogen) atoms. The summed E-state index contributed by atoms with van der Waals surface area (Å²) in [5.41, 5.74) is 0.402. The van der Waals surface area contributed by atoms with E-state index >= 15 is 0 Å². The Morgan fingerprint density at radius 3 is 2.89 bits per heavy atom. The monoisotopic (exact) mass is 390 g/mol. The summed E-state index contributed by atoms with van der Waals surface area (Å²) < 4.78 is 11.1. The summed E-state index contributed by atoms with van der Waals surface area (Å²) >= 11 is 1.54. The number of hydrogen-bond donors (Lipinski definition) is 1. The molecule has 0 radical (unpaired) electrons. The molecular formula is C20H26N2O4S. The molecule has 2 heterocycles. The first-order valence-electron chi connectivity index (χ1n) is 9.41. The number of carbonyl (C=O) groups excluding carboxylic acids is 1. The molecule has 0 spiro atoms. The fourth-order valence-corrected chi connectivity index (χ4v) is 3.80. The molecule has 146 valence electrons. The molecule has 1 N–H and O–H groups in total. The molecule has 1 aromatic rings. The van der Waals surface area contributed by atoms with Crippen molar-refractivity contribution in [3.05, 3.63) is 40.5 Å². The first-order valence-corrected chi connectivity index (χ1v) is 10.4. The summed E-state index contributed by atoms with van der Waals surface area (Å²) in [5, 5.41) is 3.81. The standard InChI is InChI=1S/C20H26N2O4S/c1-4-5-15(21-19(24)16-11-27-20(22-16)12(2)3)17-8-14(9-18(23)26-17)25-10-13-6-7-13/h8-9,13,15-16H,2,4-7,10-11H2,1,3H3,(H,21,24). The van der Waals surface area contributed by atoms with Crippen LogP contribution in [0, 0.1) is 5.92 Å². The zero-order valence-corrected chi connectivity index (χ0v) is 16.6. The summed E-state index contributed by atoms with van der Waals surface area (Å²) in [6, 6.07) is 2.25. The van der Waals surface area contributed by atoms with Crippen LogP contribution in [0.2, 0.25) is 0 Å². The smallest absolute Gasteiger partial charge is 0.339 e. The van der Waals surface area contributed by atoms with Crippen LogP contribution in [-0.2, 0) is 4.79 Å². The number of ether oxygens (including phenoxy) is 1. The van der Waals surface area contributed by atoms with E-state index < -0.39 is 11.7 Å². The van der Waals surface area contributed by atoms with Gasteiger partial charge in [-0.2, -0.15) is 0 Å². The van der Waals surface area contributed by atoms with Crippen LogP contribution in [0.1, 0.15) is 51.3 Å². The molecule has 0 bridgehead atoms. The van der Waals surface area contributed by atoms with Crippen molar-refractivity contribution in [3.8, 4) is 5.75 Å². The zero-order valence-electron chi connectivity index (χ0n) is 15.8. The van der Waals surface area contributed by atoms with Crippen LogP contribution in [0.3, 0.4) is 0 Å². The van der Waals surface area contributed by atoms with Crippen LogP contribution in [0.5, 0.6) is 5.75 Å². The van der Waals surface area contributed by atoms with Gasteiger partial charge in [0, 0.05) is 11.8 Å². The minimum absolute atomic E-state index is 0.163. The number of amides is 1. The second-order valence-corrected chi connectivity index (χ2v) is 8.17. The minimum Gasteiger partial charge on any atom is -0.493 e. The molecule has 1 aromatic heterocycles. The number of hydrogen-bond acceptors (Lipinski definition) is 6. The van der Waals surface area contributed by atoms with E-state index in [0.717, 1.165) is 17.0 Å². The van der Waals surface area contributed by atoms with Crippen molar-refractivity contribution >= 4 is 22.7 Å². The summed E-state index contributed by atoms with van der Waals surface area (Å²) in [6.07, 6.45) is 3.85. The maximum atomic E-state index is 12.7. The normalized spacial score (nSPS) is 20.1. The topological polar surface area (TPSA) is 80.9 Å². The summed E-state index contributed by atoms with van der Waals surface area (Å²) in [7, 11) is 0. The molecule has 2 unspecified atom stereocenters. The van der Waals surface area contributed by atoms with Gasteiger partial charge < -0.3 is 14.5 Å². The number of carbonyl (C=O) groups is 1. The van der Waals surface area contributed by atoms with Crippen molar-refractivity contribution in [2.45, 2.75) is 51.6 Å². The number of aliphatic imine (C=N–C) groups is 1. The maximum absolute atomic E-state index is 12.7. The van der Waals surface area contributed by atoms with E-state index in [1.807, 2.05) is 13.8 Å². The van der Waals surface area contributed by atoms with Crippen LogP contribution in [0.4, 0.5) is 0 Å². The van der Waals surface area contributed by atoms with Gasteiger partial charge in [-0.05, 0) is 37.7 Å². The van der Waals surface area contributed by atoms with Crippen molar-refractivity contribution in [2.24, 2.45) is 10.9 Å². The highest BCUT2D eigenvalue weighted by Gasteiger charge is 2.28. The molecule has 7 heteroatoms. The lowest BCUT2D eigenvalue weighted by molar-refractivity contribution is -0.122. The molecule has 2 atom stereocenters. The highest BCUT2D eigenvalue weighted by Crippen LogP contribution is 2.30. The van der Waals surface area contributed by atoms with Gasteiger partial charge in [0.15, 0.2) is 0 Å². The molecule has 0 saturated heterocycles. The van der Waals surface area contributed by atoms with Crippen LogP contribution >= 0.6 is 11.8 Å². The molecule has 1 aliphatic carbocycles. The fourth-order valence-electron chi connectivity index (χ4n) is 2.81. The van der Waals surface area contributed by atoms with Crippen LogP contribution in [0.25, 0.3) is 0 Å². The molecule has 1 amide bonds. The Morgan fingerprint density at radius 1 is 1.48 bits per heavy atom. The lowest BCUT2D eigenvalue weighted by Crippen LogP contribution is -2.37. The summed E-state index contributed by atoms with van der Waals surface area (Å²) in [6.45, 7) is 8.40. The first kappa shape index (κ1) is 19.7. The third-order valence-corrected chi connectivity index (χ3v) is 5.71. The van der Waals surface area contributed by atoms with Crippen LogP contribution in [0.15, 0.2) is 38.5 Å². The highest BCUT2D eigenvalue weighted by molar-refractivity contribution is 8.14. The molecular weight excluding hydrogens is 364 g/mol.